The largest absolute Gasteiger partial charge is 0.382 e. The summed E-state index contributed by atoms with van der Waals surface area (Å²) in [5.41, 5.74) is 11.0. The molecule has 0 radical (unpaired) electrons. The van der Waals surface area contributed by atoms with Crippen LogP contribution in [0.25, 0.3) is 0 Å². The van der Waals surface area contributed by atoms with E-state index in [1.807, 2.05) is 0 Å². The van der Waals surface area contributed by atoms with Crippen molar-refractivity contribution in [3.63, 3.8) is 0 Å². The third kappa shape index (κ3) is 2.47. The molecular formula is C9H13N5O2S. The lowest BCUT2D eigenvalue weighted by Gasteiger charge is -2.11. The molecule has 1 atom stereocenters. The Bertz CT molecular complexity index is 458. The highest BCUT2D eigenvalue weighted by atomic mass is 32.1. The predicted octanol–water partition coefficient (Wildman–Crippen LogP) is -0.485. The summed E-state index contributed by atoms with van der Waals surface area (Å²) in [7, 11) is 0. The maximum atomic E-state index is 11.2. The Morgan fingerprint density at radius 3 is 3.00 bits per heavy atom. The first-order valence-electron chi connectivity index (χ1n) is 5.16. The van der Waals surface area contributed by atoms with Gasteiger partial charge in [0.1, 0.15) is 10.6 Å². The SMILES string of the molecule is NC(=O)c1c(N)nsc1NCC1CCC(=O)N1. The van der Waals surface area contributed by atoms with Gasteiger partial charge in [0, 0.05) is 19.0 Å². The Balaban J connectivity index is 1.99. The molecule has 1 aliphatic heterocycles. The standard InChI is InChI=1S/C9H13N5O2S/c10-7-6(8(11)16)9(17-14-7)12-3-4-1-2-5(15)13-4/h4,12H,1-3H2,(H2,10,14)(H2,11,16)(H,13,15). The van der Waals surface area contributed by atoms with Gasteiger partial charge in [-0.1, -0.05) is 0 Å². The van der Waals surface area contributed by atoms with Crippen molar-refractivity contribution in [2.24, 2.45) is 5.73 Å². The molecule has 0 bridgehead atoms. The first-order valence-corrected chi connectivity index (χ1v) is 5.93. The number of nitrogens with zero attached hydrogens (tertiary/aromatic N) is 1. The number of amides is 2. The highest BCUT2D eigenvalue weighted by Crippen LogP contribution is 2.26. The number of anilines is 2. The molecule has 17 heavy (non-hydrogen) atoms. The smallest absolute Gasteiger partial charge is 0.255 e. The van der Waals surface area contributed by atoms with Crippen LogP contribution in [0.15, 0.2) is 0 Å². The van der Waals surface area contributed by atoms with Crippen molar-refractivity contribution in [2.75, 3.05) is 17.6 Å². The Hall–Kier alpha value is -1.83. The lowest BCUT2D eigenvalue weighted by atomic mass is 10.2. The molecule has 6 N–H and O–H groups in total. The van der Waals surface area contributed by atoms with Gasteiger partial charge in [0.15, 0.2) is 5.82 Å². The van der Waals surface area contributed by atoms with Crippen LogP contribution in [-0.4, -0.2) is 28.8 Å². The monoisotopic (exact) mass is 255 g/mol. The highest BCUT2D eigenvalue weighted by molar-refractivity contribution is 7.11. The molecule has 2 rings (SSSR count). The minimum atomic E-state index is -0.603. The van der Waals surface area contributed by atoms with E-state index in [0.717, 1.165) is 18.0 Å². The Morgan fingerprint density at radius 1 is 1.65 bits per heavy atom. The molecule has 1 aromatic rings. The molecule has 1 fully saturated rings. The van der Waals surface area contributed by atoms with Crippen LogP contribution in [0.1, 0.15) is 23.2 Å². The highest BCUT2D eigenvalue weighted by Gasteiger charge is 2.22. The van der Waals surface area contributed by atoms with Crippen molar-refractivity contribution in [1.82, 2.24) is 9.69 Å². The first kappa shape index (κ1) is 11.6. The molecule has 8 heteroatoms. The summed E-state index contributed by atoms with van der Waals surface area (Å²) in [6, 6.07) is 0.0755. The topological polar surface area (TPSA) is 123 Å². The maximum absolute atomic E-state index is 11.2. The lowest BCUT2D eigenvalue weighted by molar-refractivity contribution is -0.119. The predicted molar refractivity (Wildman–Crippen MR) is 64.7 cm³/mol. The second-order valence-electron chi connectivity index (χ2n) is 3.82. The second-order valence-corrected chi connectivity index (χ2v) is 4.59. The molecule has 1 saturated heterocycles. The summed E-state index contributed by atoms with van der Waals surface area (Å²) < 4.78 is 3.87. The summed E-state index contributed by atoms with van der Waals surface area (Å²) in [6.07, 6.45) is 1.33. The van der Waals surface area contributed by atoms with Crippen LogP contribution in [-0.2, 0) is 4.79 Å². The number of hydrogen-bond donors (Lipinski definition) is 4. The van der Waals surface area contributed by atoms with Gasteiger partial charge in [0.25, 0.3) is 5.91 Å². The fourth-order valence-electron chi connectivity index (χ4n) is 1.71. The van der Waals surface area contributed by atoms with Crippen molar-refractivity contribution < 1.29 is 9.59 Å². The first-order chi connectivity index (χ1) is 8.08. The Labute approximate surface area is 102 Å². The van der Waals surface area contributed by atoms with E-state index in [1.54, 1.807) is 0 Å². The molecule has 92 valence electrons. The summed E-state index contributed by atoms with van der Waals surface area (Å²) in [5, 5.41) is 6.41. The van der Waals surface area contributed by atoms with Crippen LogP contribution in [0.3, 0.4) is 0 Å². The minimum absolute atomic E-state index is 0.0516. The van der Waals surface area contributed by atoms with E-state index in [0.29, 0.717) is 18.0 Å². The molecule has 0 aromatic carbocycles. The van der Waals surface area contributed by atoms with E-state index in [9.17, 15) is 9.59 Å². The second kappa shape index (κ2) is 4.58. The normalized spacial score (nSPS) is 19.1. The van der Waals surface area contributed by atoms with E-state index in [4.69, 9.17) is 11.5 Å². The Kier molecular flexibility index (Phi) is 3.14. The molecule has 0 aliphatic carbocycles. The van der Waals surface area contributed by atoms with Gasteiger partial charge in [0.2, 0.25) is 5.91 Å². The number of rotatable bonds is 4. The number of carbonyl (C=O) groups excluding carboxylic acids is 2. The summed E-state index contributed by atoms with van der Waals surface area (Å²) in [6.45, 7) is 0.535. The van der Waals surface area contributed by atoms with Gasteiger partial charge in [-0.2, -0.15) is 4.37 Å². The number of carbonyl (C=O) groups is 2. The molecule has 1 aromatic heterocycles. The molecule has 2 amide bonds. The maximum Gasteiger partial charge on any atom is 0.255 e. The molecule has 0 saturated carbocycles. The zero-order valence-corrected chi connectivity index (χ0v) is 9.84. The number of nitrogens with one attached hydrogen (secondary N) is 2. The number of hydrogen-bond acceptors (Lipinski definition) is 6. The van der Waals surface area contributed by atoms with Crippen LogP contribution < -0.4 is 22.1 Å². The van der Waals surface area contributed by atoms with Crippen LogP contribution in [0.2, 0.25) is 0 Å². The van der Waals surface area contributed by atoms with E-state index < -0.39 is 5.91 Å². The van der Waals surface area contributed by atoms with E-state index >= 15 is 0 Å². The van der Waals surface area contributed by atoms with Crippen molar-refractivity contribution in [3.05, 3.63) is 5.56 Å². The van der Waals surface area contributed by atoms with Crippen LogP contribution in [0.4, 0.5) is 10.8 Å². The van der Waals surface area contributed by atoms with Gasteiger partial charge in [-0.25, -0.2) is 0 Å². The fourth-order valence-corrected chi connectivity index (χ4v) is 2.43. The van der Waals surface area contributed by atoms with E-state index in [2.05, 4.69) is 15.0 Å². The van der Waals surface area contributed by atoms with E-state index in [-0.39, 0.29) is 23.3 Å². The fraction of sp³-hybridized carbons (Fsp3) is 0.444. The van der Waals surface area contributed by atoms with Gasteiger partial charge in [-0.3, -0.25) is 9.59 Å². The number of nitrogen functional groups attached to an aromatic ring is 1. The van der Waals surface area contributed by atoms with Crippen LogP contribution in [0, 0.1) is 0 Å². The van der Waals surface area contributed by atoms with Gasteiger partial charge in [0.05, 0.1) is 0 Å². The van der Waals surface area contributed by atoms with Crippen molar-refractivity contribution >= 4 is 34.2 Å². The summed E-state index contributed by atoms with van der Waals surface area (Å²) in [5.74, 6) is -0.412. The van der Waals surface area contributed by atoms with Gasteiger partial charge in [-0.05, 0) is 18.0 Å². The van der Waals surface area contributed by atoms with E-state index in [1.165, 1.54) is 0 Å². The summed E-state index contributed by atoms with van der Waals surface area (Å²) >= 11 is 1.09. The van der Waals surface area contributed by atoms with Crippen molar-refractivity contribution in [1.29, 1.82) is 0 Å². The quantitative estimate of drug-likeness (QED) is 0.578. The summed E-state index contributed by atoms with van der Waals surface area (Å²) in [4.78, 5) is 22.2. The van der Waals surface area contributed by atoms with Gasteiger partial charge < -0.3 is 22.1 Å². The third-order valence-electron chi connectivity index (χ3n) is 2.56. The third-order valence-corrected chi connectivity index (χ3v) is 3.38. The average molecular weight is 255 g/mol. The zero-order chi connectivity index (χ0) is 12.4. The molecule has 1 aliphatic rings. The molecule has 0 spiro atoms. The van der Waals surface area contributed by atoms with Gasteiger partial charge >= 0.3 is 0 Å². The zero-order valence-electron chi connectivity index (χ0n) is 9.03. The Morgan fingerprint density at radius 2 is 2.41 bits per heavy atom. The average Bonchev–Trinajstić information content (AvgIpc) is 2.82. The van der Waals surface area contributed by atoms with Crippen LogP contribution in [0.5, 0.6) is 0 Å². The minimum Gasteiger partial charge on any atom is -0.382 e. The number of primary amides is 1. The van der Waals surface area contributed by atoms with Crippen molar-refractivity contribution in [2.45, 2.75) is 18.9 Å². The van der Waals surface area contributed by atoms with Crippen LogP contribution >= 0.6 is 11.5 Å². The number of aromatic nitrogens is 1. The van der Waals surface area contributed by atoms with Crippen molar-refractivity contribution in [3.8, 4) is 0 Å². The molecule has 1 unspecified atom stereocenters. The van der Waals surface area contributed by atoms with Gasteiger partial charge in [-0.15, -0.1) is 0 Å². The molecule has 7 nitrogen and oxygen atoms in total. The molecular weight excluding hydrogens is 242 g/mol. The lowest BCUT2D eigenvalue weighted by Crippen LogP contribution is -2.32. The molecule has 2 heterocycles. The number of nitrogens with two attached hydrogens (primary N) is 2.